The Morgan fingerprint density at radius 2 is 2.29 bits per heavy atom. The van der Waals surface area contributed by atoms with Crippen molar-refractivity contribution in [3.8, 4) is 0 Å². The van der Waals surface area contributed by atoms with E-state index in [0.717, 1.165) is 25.9 Å². The van der Waals surface area contributed by atoms with Crippen LogP contribution in [-0.4, -0.2) is 33.7 Å². The largest absolute Gasteiger partial charge is 0.477 e. The Morgan fingerprint density at radius 3 is 2.93 bits per heavy atom. The maximum absolute atomic E-state index is 10.8. The number of aromatic carboxylic acids is 1. The molecule has 0 saturated carbocycles. The first kappa shape index (κ1) is 9.21. The lowest BCUT2D eigenvalue weighted by Crippen LogP contribution is -2.30. The van der Waals surface area contributed by atoms with Gasteiger partial charge in [0.1, 0.15) is 5.69 Å². The summed E-state index contributed by atoms with van der Waals surface area (Å²) in [4.78, 5) is 14.7. The normalized spacial score (nSPS) is 18.3. The lowest BCUT2D eigenvalue weighted by atomic mass is 10.1. The minimum absolute atomic E-state index is 0.282. The minimum atomic E-state index is -0.902. The number of nitrogens with zero attached hydrogens (tertiary/aromatic N) is 2. The Hall–Kier alpha value is -1.36. The Balaban J connectivity index is 2.21. The predicted molar refractivity (Wildman–Crippen MR) is 50.3 cm³/mol. The van der Waals surface area contributed by atoms with Gasteiger partial charge < -0.3 is 15.0 Å². The Morgan fingerprint density at radius 1 is 1.57 bits per heavy atom. The summed E-state index contributed by atoms with van der Waals surface area (Å²) >= 11 is 0. The summed E-state index contributed by atoms with van der Waals surface area (Å²) in [5.74, 6) is -0.902. The van der Waals surface area contributed by atoms with Crippen molar-refractivity contribution in [2.24, 2.45) is 0 Å². The second-order valence-electron chi connectivity index (χ2n) is 3.47. The van der Waals surface area contributed by atoms with Gasteiger partial charge in [0.05, 0.1) is 12.5 Å². The summed E-state index contributed by atoms with van der Waals surface area (Å²) < 4.78 is 1.77. The van der Waals surface area contributed by atoms with E-state index in [-0.39, 0.29) is 11.7 Å². The van der Waals surface area contributed by atoms with Crippen LogP contribution >= 0.6 is 0 Å². The van der Waals surface area contributed by atoms with Crippen molar-refractivity contribution in [3.05, 3.63) is 18.2 Å². The molecular weight excluding hydrogens is 182 g/mol. The first-order valence-electron chi connectivity index (χ1n) is 4.75. The number of nitrogens with one attached hydrogen (secondary N) is 1. The van der Waals surface area contributed by atoms with Gasteiger partial charge in [0.25, 0.3) is 0 Å². The summed E-state index contributed by atoms with van der Waals surface area (Å²) in [5.41, 5.74) is 0.289. The third-order valence-electron chi connectivity index (χ3n) is 2.59. The molecule has 0 aliphatic carbocycles. The van der Waals surface area contributed by atoms with Crippen LogP contribution < -0.4 is 5.32 Å². The highest BCUT2D eigenvalue weighted by Crippen LogP contribution is 2.20. The third kappa shape index (κ3) is 1.63. The second-order valence-corrected chi connectivity index (χ2v) is 3.47. The SMILES string of the molecule is O=C(O)c1cncn1C1CCNCC1. The molecule has 0 radical (unpaired) electrons. The van der Waals surface area contributed by atoms with Gasteiger partial charge in [0.2, 0.25) is 0 Å². The van der Waals surface area contributed by atoms with E-state index >= 15 is 0 Å². The summed E-state index contributed by atoms with van der Waals surface area (Å²) in [7, 11) is 0. The van der Waals surface area contributed by atoms with Crippen LogP contribution in [0.25, 0.3) is 0 Å². The number of carboxylic acid groups (broad SMARTS) is 1. The molecule has 76 valence electrons. The number of piperidine rings is 1. The molecule has 1 aliphatic heterocycles. The van der Waals surface area contributed by atoms with Crippen LogP contribution in [0.5, 0.6) is 0 Å². The fourth-order valence-electron chi connectivity index (χ4n) is 1.85. The molecule has 0 unspecified atom stereocenters. The lowest BCUT2D eigenvalue weighted by Gasteiger charge is -2.24. The molecule has 0 aromatic carbocycles. The number of carboxylic acids is 1. The summed E-state index contributed by atoms with van der Waals surface area (Å²) in [6, 6.07) is 0.282. The van der Waals surface area contributed by atoms with E-state index in [1.807, 2.05) is 0 Å². The number of rotatable bonds is 2. The molecule has 0 spiro atoms. The monoisotopic (exact) mass is 195 g/mol. The molecule has 1 fully saturated rings. The quantitative estimate of drug-likeness (QED) is 0.721. The summed E-state index contributed by atoms with van der Waals surface area (Å²) in [5, 5.41) is 12.2. The molecule has 0 atom stereocenters. The van der Waals surface area contributed by atoms with E-state index in [2.05, 4.69) is 10.3 Å². The maximum atomic E-state index is 10.8. The van der Waals surface area contributed by atoms with Gasteiger partial charge in [-0.1, -0.05) is 0 Å². The van der Waals surface area contributed by atoms with Gasteiger partial charge in [0.15, 0.2) is 0 Å². The fourth-order valence-corrected chi connectivity index (χ4v) is 1.85. The van der Waals surface area contributed by atoms with E-state index in [1.165, 1.54) is 6.20 Å². The molecule has 2 N–H and O–H groups in total. The van der Waals surface area contributed by atoms with Crippen molar-refractivity contribution in [2.45, 2.75) is 18.9 Å². The van der Waals surface area contributed by atoms with Crippen molar-refractivity contribution in [1.29, 1.82) is 0 Å². The van der Waals surface area contributed by atoms with E-state index in [9.17, 15) is 4.79 Å². The molecule has 1 saturated heterocycles. The van der Waals surface area contributed by atoms with Crippen LogP contribution in [0.1, 0.15) is 29.4 Å². The molecule has 1 aromatic rings. The predicted octanol–water partition coefficient (Wildman–Crippen LogP) is 0.506. The first-order chi connectivity index (χ1) is 6.79. The van der Waals surface area contributed by atoms with E-state index in [0.29, 0.717) is 0 Å². The Bertz CT molecular complexity index is 329. The molecule has 0 amide bonds. The highest BCUT2D eigenvalue weighted by molar-refractivity contribution is 5.85. The number of carbonyl (C=O) groups is 1. The van der Waals surface area contributed by atoms with Gasteiger partial charge in [-0.05, 0) is 25.9 Å². The van der Waals surface area contributed by atoms with Crippen LogP contribution in [0.3, 0.4) is 0 Å². The number of aromatic nitrogens is 2. The minimum Gasteiger partial charge on any atom is -0.477 e. The molecule has 14 heavy (non-hydrogen) atoms. The average Bonchev–Trinajstić information content (AvgIpc) is 2.67. The second kappa shape index (κ2) is 3.79. The van der Waals surface area contributed by atoms with Crippen molar-refractivity contribution in [1.82, 2.24) is 14.9 Å². The van der Waals surface area contributed by atoms with Crippen molar-refractivity contribution < 1.29 is 9.90 Å². The number of hydrogen-bond acceptors (Lipinski definition) is 3. The highest BCUT2D eigenvalue weighted by Gasteiger charge is 2.19. The molecule has 2 rings (SSSR count). The Labute approximate surface area is 81.8 Å². The zero-order valence-electron chi connectivity index (χ0n) is 7.81. The van der Waals surface area contributed by atoms with Gasteiger partial charge in [-0.3, -0.25) is 0 Å². The van der Waals surface area contributed by atoms with Gasteiger partial charge in [0, 0.05) is 6.04 Å². The zero-order chi connectivity index (χ0) is 9.97. The smallest absolute Gasteiger partial charge is 0.354 e. The molecular formula is C9H13N3O2. The molecule has 2 heterocycles. The number of hydrogen-bond donors (Lipinski definition) is 2. The van der Waals surface area contributed by atoms with Crippen molar-refractivity contribution in [3.63, 3.8) is 0 Å². The zero-order valence-corrected chi connectivity index (χ0v) is 7.81. The van der Waals surface area contributed by atoms with Crippen molar-refractivity contribution in [2.75, 3.05) is 13.1 Å². The summed E-state index contributed by atoms with van der Waals surface area (Å²) in [6.45, 7) is 1.89. The van der Waals surface area contributed by atoms with Gasteiger partial charge in [-0.15, -0.1) is 0 Å². The van der Waals surface area contributed by atoms with Crippen LogP contribution in [-0.2, 0) is 0 Å². The van der Waals surface area contributed by atoms with E-state index < -0.39 is 5.97 Å². The van der Waals surface area contributed by atoms with Crippen LogP contribution in [0.2, 0.25) is 0 Å². The highest BCUT2D eigenvalue weighted by atomic mass is 16.4. The van der Waals surface area contributed by atoms with Crippen LogP contribution in [0.4, 0.5) is 0 Å². The molecule has 0 bridgehead atoms. The van der Waals surface area contributed by atoms with E-state index in [4.69, 9.17) is 5.11 Å². The topological polar surface area (TPSA) is 67.1 Å². The van der Waals surface area contributed by atoms with Gasteiger partial charge in [-0.25, -0.2) is 9.78 Å². The molecule has 5 nitrogen and oxygen atoms in total. The van der Waals surface area contributed by atoms with Crippen molar-refractivity contribution >= 4 is 5.97 Å². The number of imidazole rings is 1. The molecule has 5 heteroatoms. The van der Waals surface area contributed by atoms with E-state index in [1.54, 1.807) is 10.9 Å². The van der Waals surface area contributed by atoms with Gasteiger partial charge >= 0.3 is 5.97 Å². The van der Waals surface area contributed by atoms with Crippen LogP contribution in [0.15, 0.2) is 12.5 Å². The molecule has 1 aromatic heterocycles. The molecule has 1 aliphatic rings. The summed E-state index contributed by atoms with van der Waals surface area (Å²) in [6.07, 6.45) is 4.96. The van der Waals surface area contributed by atoms with Crippen LogP contribution in [0, 0.1) is 0 Å². The van der Waals surface area contributed by atoms with Gasteiger partial charge in [-0.2, -0.15) is 0 Å². The Kier molecular flexibility index (Phi) is 2.49. The standard InChI is InChI=1S/C9H13N3O2/c13-9(14)8-5-11-6-12(8)7-1-3-10-4-2-7/h5-7,10H,1-4H2,(H,13,14). The maximum Gasteiger partial charge on any atom is 0.354 e. The lowest BCUT2D eigenvalue weighted by molar-refractivity contribution is 0.0681. The average molecular weight is 195 g/mol. The fraction of sp³-hybridized carbons (Fsp3) is 0.556. The third-order valence-corrected chi connectivity index (χ3v) is 2.59. The first-order valence-corrected chi connectivity index (χ1v) is 4.75.